The van der Waals surface area contributed by atoms with Crippen LogP contribution in [0.15, 0.2) is 0 Å². The van der Waals surface area contributed by atoms with Crippen molar-refractivity contribution < 1.29 is 4.74 Å². The van der Waals surface area contributed by atoms with Crippen LogP contribution in [-0.4, -0.2) is 12.2 Å². The Morgan fingerprint density at radius 2 is 0.855 bits per heavy atom. The average molecular weight is 759 g/mol. The van der Waals surface area contributed by atoms with Crippen molar-refractivity contribution in [1.29, 1.82) is 0 Å². The first kappa shape index (κ1) is 41.7. The van der Waals surface area contributed by atoms with E-state index in [9.17, 15) is 0 Å². The highest BCUT2D eigenvalue weighted by Gasteiger charge is 2.65. The highest BCUT2D eigenvalue weighted by atomic mass is 16.5. The summed E-state index contributed by atoms with van der Waals surface area (Å²) in [4.78, 5) is 0. The van der Waals surface area contributed by atoms with Crippen LogP contribution in [0.25, 0.3) is 0 Å². The van der Waals surface area contributed by atoms with Crippen molar-refractivity contribution in [2.24, 2.45) is 105 Å². The van der Waals surface area contributed by atoms with E-state index in [2.05, 4.69) is 69.2 Å². The number of rotatable bonds is 12. The maximum atomic E-state index is 8.09. The van der Waals surface area contributed by atoms with Crippen LogP contribution in [0.4, 0.5) is 0 Å². The molecule has 2 unspecified atom stereocenters. The molecule has 8 aliphatic carbocycles. The second kappa shape index (κ2) is 16.1. The van der Waals surface area contributed by atoms with Gasteiger partial charge in [-0.3, -0.25) is 0 Å². The first-order valence-electron chi connectivity index (χ1n) is 25.9. The lowest BCUT2D eigenvalue weighted by atomic mass is 9.43. The monoisotopic (exact) mass is 759 g/mol. The summed E-state index contributed by atoms with van der Waals surface area (Å²) in [5.41, 5.74) is 1.98. The molecule has 18 atom stereocenters. The zero-order valence-electron chi connectivity index (χ0n) is 38.6. The van der Waals surface area contributed by atoms with Crippen LogP contribution in [-0.2, 0) is 4.74 Å². The largest absolute Gasteiger partial charge is 0.374 e. The van der Waals surface area contributed by atoms with Gasteiger partial charge in [0, 0.05) is 0 Å². The molecule has 0 amide bonds. The number of ether oxygens (including phenoxy) is 1. The van der Waals surface area contributed by atoms with Crippen molar-refractivity contribution in [2.75, 3.05) is 0 Å². The van der Waals surface area contributed by atoms with Crippen LogP contribution in [0, 0.1) is 105 Å². The number of hydrogen-bond donors (Lipinski definition) is 0. The summed E-state index contributed by atoms with van der Waals surface area (Å²) in [7, 11) is 0. The Labute approximate surface area is 343 Å². The molecule has 8 saturated carbocycles. The summed E-state index contributed by atoms with van der Waals surface area (Å²) >= 11 is 0. The quantitative estimate of drug-likeness (QED) is 0.193. The third-order valence-corrected chi connectivity index (χ3v) is 22.1. The van der Waals surface area contributed by atoms with Gasteiger partial charge in [0.05, 0.1) is 12.2 Å². The van der Waals surface area contributed by atoms with E-state index in [1.165, 1.54) is 154 Å². The van der Waals surface area contributed by atoms with Gasteiger partial charge in [-0.05, 0) is 207 Å². The summed E-state index contributed by atoms with van der Waals surface area (Å²) in [5.74, 6) is 13.0. The van der Waals surface area contributed by atoms with Gasteiger partial charge in [0.2, 0.25) is 0 Å². The predicted molar refractivity (Wildman–Crippen MR) is 235 cm³/mol. The fourth-order valence-corrected chi connectivity index (χ4v) is 19.3. The highest BCUT2D eigenvalue weighted by molar-refractivity contribution is 5.14. The van der Waals surface area contributed by atoms with Crippen molar-refractivity contribution in [3.8, 4) is 0 Å². The van der Waals surface area contributed by atoms with Crippen LogP contribution in [0.5, 0.6) is 0 Å². The molecule has 0 aliphatic heterocycles. The van der Waals surface area contributed by atoms with Crippen LogP contribution >= 0.6 is 0 Å². The molecule has 0 N–H and O–H groups in total. The Morgan fingerprint density at radius 1 is 0.436 bits per heavy atom. The molecule has 0 radical (unpaired) electrons. The van der Waals surface area contributed by atoms with E-state index in [4.69, 9.17) is 4.74 Å². The van der Waals surface area contributed by atoms with Crippen LogP contribution in [0.2, 0.25) is 0 Å². The fraction of sp³-hybridized carbons (Fsp3) is 1.00. The zero-order valence-corrected chi connectivity index (χ0v) is 38.6. The lowest BCUT2D eigenvalue weighted by molar-refractivity contribution is -0.243. The topological polar surface area (TPSA) is 9.23 Å². The summed E-state index contributed by atoms with van der Waals surface area (Å²) < 4.78 is 8.09. The fourth-order valence-electron chi connectivity index (χ4n) is 19.3. The molecule has 0 aromatic carbocycles. The summed E-state index contributed by atoms with van der Waals surface area (Å²) in [6, 6.07) is 0. The van der Waals surface area contributed by atoms with Gasteiger partial charge in [0.15, 0.2) is 0 Å². The lowest BCUT2D eigenvalue weighted by Gasteiger charge is -2.65. The minimum absolute atomic E-state index is 0.399. The first-order chi connectivity index (χ1) is 26.2. The summed E-state index contributed by atoms with van der Waals surface area (Å²) in [6.07, 6.45) is 36.5. The maximum Gasteiger partial charge on any atom is 0.0638 e. The minimum Gasteiger partial charge on any atom is -0.374 e. The Kier molecular flexibility index (Phi) is 12.2. The molecule has 0 spiro atoms. The van der Waals surface area contributed by atoms with Crippen molar-refractivity contribution in [1.82, 2.24) is 0 Å². The van der Waals surface area contributed by atoms with E-state index in [0.29, 0.717) is 33.9 Å². The van der Waals surface area contributed by atoms with Gasteiger partial charge in [0.25, 0.3) is 0 Å². The third kappa shape index (κ3) is 7.03. The van der Waals surface area contributed by atoms with E-state index >= 15 is 0 Å². The zero-order chi connectivity index (χ0) is 38.9. The maximum absolute atomic E-state index is 8.09. The Hall–Kier alpha value is -0.0400. The van der Waals surface area contributed by atoms with Gasteiger partial charge >= 0.3 is 0 Å². The van der Waals surface area contributed by atoms with Crippen LogP contribution in [0.3, 0.4) is 0 Å². The smallest absolute Gasteiger partial charge is 0.0638 e. The SMILES string of the molecule is CC(C)CCC[C@H](C)[C@@H]1CC[C@H]2[C@H]3CC[C@H]4CCCC(OC5CCC[C@@H]6CC[C@@H]7[C@@H]8CC[C@@H]([C@@H](C)CCCC(C)C)[C@@]8(C)CC[C@@H]7[C@@]56C)[C@]4(C)[C@H]3CC[C@@]21C. The highest BCUT2D eigenvalue weighted by Crippen LogP contribution is 2.71. The van der Waals surface area contributed by atoms with Gasteiger partial charge in [-0.15, -0.1) is 0 Å². The van der Waals surface area contributed by atoms with Crippen molar-refractivity contribution >= 4 is 0 Å². The van der Waals surface area contributed by atoms with Gasteiger partial charge in [-0.2, -0.15) is 0 Å². The molecular formula is C54H94O. The number of fused-ring (bicyclic) bond motifs is 10. The van der Waals surface area contributed by atoms with Crippen molar-refractivity contribution in [3.05, 3.63) is 0 Å². The molecule has 316 valence electrons. The Balaban J connectivity index is 0.989. The van der Waals surface area contributed by atoms with Crippen molar-refractivity contribution in [3.63, 3.8) is 0 Å². The molecule has 8 aliphatic rings. The Morgan fingerprint density at radius 3 is 1.25 bits per heavy atom. The predicted octanol–water partition coefficient (Wildman–Crippen LogP) is 16.0. The minimum atomic E-state index is 0.399. The average Bonchev–Trinajstić information content (AvgIpc) is 3.68. The second-order valence-electron chi connectivity index (χ2n) is 25.1. The molecule has 1 nitrogen and oxygen atoms in total. The van der Waals surface area contributed by atoms with E-state index < -0.39 is 0 Å². The third-order valence-electron chi connectivity index (χ3n) is 22.1. The van der Waals surface area contributed by atoms with E-state index in [1.54, 1.807) is 0 Å². The van der Waals surface area contributed by atoms with Gasteiger partial charge in [-0.25, -0.2) is 0 Å². The molecule has 0 saturated heterocycles. The number of hydrogen-bond acceptors (Lipinski definition) is 1. The molecular weight excluding hydrogens is 665 g/mol. The lowest BCUT2D eigenvalue weighted by Crippen LogP contribution is -2.62. The molecule has 0 bridgehead atoms. The molecule has 0 aromatic heterocycles. The van der Waals surface area contributed by atoms with Gasteiger partial charge < -0.3 is 4.74 Å². The van der Waals surface area contributed by atoms with E-state index in [1.807, 2.05) is 0 Å². The van der Waals surface area contributed by atoms with E-state index in [0.717, 1.165) is 82.9 Å². The standard InChI is InChI=1S/C54H94O/c1-35(2)15-11-17-37(5)43-27-29-45-41-25-23-39-19-13-21-49(53(39,9)47(41)31-33-51(43,45)7)55-50-22-14-20-40-24-26-42-46-30-28-44(38(6)18-12-16-36(3)4)52(46,8)34-32-48(42)54(40,50)10/h35-50H,11-34H2,1-10H3/t37-,38-,39+,40+,41+,42+,43-,44-,45-,46-,47-,48-,49?,50?,51+,52+,53-,54-/m0/s1. The molecule has 8 rings (SSSR count). The van der Waals surface area contributed by atoms with E-state index in [-0.39, 0.29) is 0 Å². The van der Waals surface area contributed by atoms with Crippen LogP contribution in [0.1, 0.15) is 223 Å². The molecule has 0 aromatic rings. The summed E-state index contributed by atoms with van der Waals surface area (Å²) in [6.45, 7) is 26.3. The van der Waals surface area contributed by atoms with Crippen LogP contribution < -0.4 is 0 Å². The van der Waals surface area contributed by atoms with Gasteiger partial charge in [-0.1, -0.05) is 121 Å². The molecule has 1 heteroatoms. The molecule has 55 heavy (non-hydrogen) atoms. The normalized spacial score (nSPS) is 50.4. The second-order valence-corrected chi connectivity index (χ2v) is 25.1. The first-order valence-corrected chi connectivity index (χ1v) is 25.9. The summed E-state index contributed by atoms with van der Waals surface area (Å²) in [5, 5.41) is 0. The molecule has 0 heterocycles. The molecule has 8 fully saturated rings. The van der Waals surface area contributed by atoms with Crippen molar-refractivity contribution in [2.45, 2.75) is 236 Å². The Bertz CT molecular complexity index is 1190. The van der Waals surface area contributed by atoms with Gasteiger partial charge in [0.1, 0.15) is 0 Å².